The van der Waals surface area contributed by atoms with Crippen LogP contribution in [0.5, 0.6) is 0 Å². The Kier molecular flexibility index (Phi) is 4.72. The second-order valence-electron chi connectivity index (χ2n) is 11.4. The molecule has 0 radical (unpaired) electrons. The fourth-order valence-electron chi connectivity index (χ4n) is 7.33. The zero-order valence-corrected chi connectivity index (χ0v) is 24.0. The molecule has 10 rings (SSSR count). The van der Waals surface area contributed by atoms with Crippen LogP contribution in [0.25, 0.3) is 63.5 Å². The number of nitrogens with one attached hydrogen (secondary N) is 1. The van der Waals surface area contributed by atoms with E-state index in [4.69, 9.17) is 0 Å². The topological polar surface area (TPSA) is 20.2 Å². The predicted octanol–water partition coefficient (Wildman–Crippen LogP) is 10.3. The zero-order chi connectivity index (χ0) is 28.1. The van der Waals surface area contributed by atoms with Gasteiger partial charge in [-0.05, 0) is 51.4 Å². The fourth-order valence-corrected chi connectivity index (χ4v) is 8.57. The smallest absolute Gasteiger partial charge is 0.0816 e. The van der Waals surface area contributed by atoms with Crippen molar-refractivity contribution >= 4 is 80.5 Å². The minimum Gasteiger partial charge on any atom is -0.238 e. The summed E-state index contributed by atoms with van der Waals surface area (Å²) in [5, 5.41) is 12.6. The molecular weight excluding hydrogens is 543 g/mol. The first-order chi connectivity index (χ1) is 21.3. The minimum atomic E-state index is 0.0152. The summed E-state index contributed by atoms with van der Waals surface area (Å²) in [5.74, 6) is 0. The van der Waals surface area contributed by atoms with Gasteiger partial charge in [0.2, 0.25) is 0 Å². The van der Waals surface area contributed by atoms with Gasteiger partial charge in [-0.2, -0.15) is 0 Å². The molecule has 1 N–H and O–H groups in total. The lowest BCUT2D eigenvalue weighted by Gasteiger charge is -2.25. The molecule has 43 heavy (non-hydrogen) atoms. The van der Waals surface area contributed by atoms with Crippen LogP contribution in [0.1, 0.15) is 17.2 Å². The molecule has 3 nitrogen and oxygen atoms in total. The number of hydrogen-bond donors (Lipinski definition) is 1. The Morgan fingerprint density at radius 2 is 1.07 bits per heavy atom. The Labute approximate surface area is 251 Å². The second kappa shape index (κ2) is 8.68. The number of aromatic nitrogens is 1. The van der Waals surface area contributed by atoms with E-state index in [1.54, 1.807) is 0 Å². The third kappa shape index (κ3) is 3.17. The highest BCUT2D eigenvalue weighted by Crippen LogP contribution is 2.46. The lowest BCUT2D eigenvalue weighted by Crippen LogP contribution is -2.39. The van der Waals surface area contributed by atoms with Gasteiger partial charge < -0.3 is 0 Å². The molecule has 0 fully saturated rings. The Hall–Kier alpha value is -5.16. The molecule has 3 heterocycles. The van der Waals surface area contributed by atoms with Gasteiger partial charge in [0.25, 0.3) is 0 Å². The monoisotopic (exact) mass is 567 g/mol. The molecule has 1 aliphatic heterocycles. The van der Waals surface area contributed by atoms with Gasteiger partial charge in [0.1, 0.15) is 0 Å². The highest BCUT2D eigenvalue weighted by atomic mass is 32.1. The van der Waals surface area contributed by atoms with Gasteiger partial charge in [-0.15, -0.1) is 11.3 Å². The second-order valence-corrected chi connectivity index (χ2v) is 12.5. The SMILES string of the molecule is c1ccc2c(c1)C(c1cccc3c1sc1ccccc13)NN2n1c2ccc3ccccc3c2c2c3ccccc3ccc21. The van der Waals surface area contributed by atoms with Crippen molar-refractivity contribution in [3.05, 3.63) is 151 Å². The first-order valence-electron chi connectivity index (χ1n) is 14.7. The first-order valence-corrected chi connectivity index (χ1v) is 15.6. The molecule has 7 aromatic carbocycles. The minimum absolute atomic E-state index is 0.0152. The quantitative estimate of drug-likeness (QED) is 0.224. The van der Waals surface area contributed by atoms with Crippen molar-refractivity contribution in [3.63, 3.8) is 0 Å². The number of anilines is 1. The van der Waals surface area contributed by atoms with E-state index >= 15 is 0 Å². The Balaban J connectivity index is 1.27. The van der Waals surface area contributed by atoms with Crippen molar-refractivity contribution < 1.29 is 0 Å². The number of hydrazine groups is 1. The van der Waals surface area contributed by atoms with Gasteiger partial charge in [-0.1, -0.05) is 115 Å². The summed E-state index contributed by atoms with van der Waals surface area (Å²) in [5.41, 5.74) is 10.1. The largest absolute Gasteiger partial charge is 0.238 e. The van der Waals surface area contributed by atoms with Crippen molar-refractivity contribution in [3.8, 4) is 0 Å². The van der Waals surface area contributed by atoms with E-state index in [-0.39, 0.29) is 6.04 Å². The normalized spacial score (nSPS) is 15.1. The van der Waals surface area contributed by atoms with Crippen molar-refractivity contribution in [2.75, 3.05) is 5.12 Å². The molecule has 0 amide bonds. The number of hydrogen-bond acceptors (Lipinski definition) is 3. The maximum atomic E-state index is 3.99. The Morgan fingerprint density at radius 1 is 0.488 bits per heavy atom. The van der Waals surface area contributed by atoms with Crippen LogP contribution in [0.3, 0.4) is 0 Å². The predicted molar refractivity (Wildman–Crippen MR) is 183 cm³/mol. The van der Waals surface area contributed by atoms with E-state index in [1.807, 2.05) is 11.3 Å². The highest BCUT2D eigenvalue weighted by Gasteiger charge is 2.33. The van der Waals surface area contributed by atoms with E-state index < -0.39 is 0 Å². The third-order valence-corrected chi connectivity index (χ3v) is 10.4. The van der Waals surface area contributed by atoms with Gasteiger partial charge in [-0.25, -0.2) is 15.2 Å². The molecule has 9 aromatic rings. The first kappa shape index (κ1) is 23.4. The van der Waals surface area contributed by atoms with Crippen molar-refractivity contribution in [2.45, 2.75) is 6.04 Å². The van der Waals surface area contributed by atoms with E-state index in [0.717, 1.165) is 0 Å². The summed E-state index contributed by atoms with van der Waals surface area (Å²) in [6, 6.07) is 51.0. The van der Waals surface area contributed by atoms with Gasteiger partial charge in [-0.3, -0.25) is 0 Å². The highest BCUT2D eigenvalue weighted by molar-refractivity contribution is 7.26. The average Bonchev–Trinajstić information content (AvgIpc) is 3.74. The lowest BCUT2D eigenvalue weighted by atomic mass is 9.98. The maximum absolute atomic E-state index is 3.99. The van der Waals surface area contributed by atoms with Crippen molar-refractivity contribution in [1.82, 2.24) is 10.1 Å². The molecule has 4 heteroatoms. The lowest BCUT2D eigenvalue weighted by molar-refractivity contribution is 0.574. The van der Waals surface area contributed by atoms with Gasteiger partial charge >= 0.3 is 0 Å². The molecule has 1 aliphatic rings. The number of fused-ring (bicyclic) bond motifs is 11. The van der Waals surface area contributed by atoms with E-state index in [0.29, 0.717) is 0 Å². The number of thiophene rings is 1. The van der Waals surface area contributed by atoms with Crippen molar-refractivity contribution in [2.24, 2.45) is 0 Å². The Morgan fingerprint density at radius 3 is 1.81 bits per heavy atom. The van der Waals surface area contributed by atoms with E-state index in [9.17, 15) is 0 Å². The Bertz CT molecular complexity index is 2480. The maximum Gasteiger partial charge on any atom is 0.0816 e. The number of para-hydroxylation sites is 1. The molecule has 202 valence electrons. The van der Waals surface area contributed by atoms with Crippen LogP contribution in [0.4, 0.5) is 5.69 Å². The number of rotatable bonds is 2. The summed E-state index contributed by atoms with van der Waals surface area (Å²) in [7, 11) is 0. The molecule has 1 atom stereocenters. The molecule has 0 saturated carbocycles. The summed E-state index contributed by atoms with van der Waals surface area (Å²) >= 11 is 1.89. The molecule has 1 unspecified atom stereocenters. The summed E-state index contributed by atoms with van der Waals surface area (Å²) in [6.45, 7) is 0. The van der Waals surface area contributed by atoms with Crippen LogP contribution in [0.2, 0.25) is 0 Å². The summed E-state index contributed by atoms with van der Waals surface area (Å²) in [4.78, 5) is 0. The van der Waals surface area contributed by atoms with Gasteiger partial charge in [0.05, 0.1) is 22.8 Å². The number of benzene rings is 7. The number of nitrogens with zero attached hydrogens (tertiary/aromatic N) is 2. The van der Waals surface area contributed by atoms with Crippen LogP contribution in [-0.2, 0) is 0 Å². The summed E-state index contributed by atoms with van der Waals surface area (Å²) < 4.78 is 5.07. The van der Waals surface area contributed by atoms with E-state index in [2.05, 4.69) is 155 Å². The standard InChI is InChI=1S/C39H25N3S/c1-3-12-26-24(10-1)20-22-33-36(26)37-27-13-4-2-11-25(27)21-23-34(37)41(33)42-32-18-7-5-15-30(32)38(40-42)31-17-9-16-29-28-14-6-8-19-35(28)43-39(29)31/h1-23,38,40H. The van der Waals surface area contributed by atoms with Gasteiger partial charge in [0.15, 0.2) is 0 Å². The fraction of sp³-hybridized carbons (Fsp3) is 0.0256. The van der Waals surface area contributed by atoms with Crippen LogP contribution >= 0.6 is 11.3 Å². The van der Waals surface area contributed by atoms with Crippen LogP contribution in [-0.4, -0.2) is 4.68 Å². The summed E-state index contributed by atoms with van der Waals surface area (Å²) in [6.07, 6.45) is 0. The molecular formula is C39H25N3S. The van der Waals surface area contributed by atoms with Crippen LogP contribution < -0.4 is 10.5 Å². The molecule has 0 saturated heterocycles. The van der Waals surface area contributed by atoms with Crippen molar-refractivity contribution in [1.29, 1.82) is 0 Å². The molecule has 0 spiro atoms. The van der Waals surface area contributed by atoms with E-state index in [1.165, 1.54) is 80.3 Å². The third-order valence-electron chi connectivity index (χ3n) is 9.19. The zero-order valence-electron chi connectivity index (χ0n) is 23.2. The van der Waals surface area contributed by atoms with Crippen LogP contribution in [0, 0.1) is 0 Å². The average molecular weight is 568 g/mol. The molecule has 2 aromatic heterocycles. The molecule has 0 bridgehead atoms. The molecule has 0 aliphatic carbocycles. The van der Waals surface area contributed by atoms with Gasteiger partial charge in [0, 0.05) is 36.5 Å². The van der Waals surface area contributed by atoms with Crippen LogP contribution in [0.15, 0.2) is 140 Å².